The Morgan fingerprint density at radius 2 is 1.43 bits per heavy atom. The maximum Gasteiger partial charge on any atom is 0.0374 e. The molecule has 0 saturated heterocycles. The molecule has 0 radical (unpaired) electrons. The number of nitrogens with one attached hydrogen (secondary N) is 1. The van der Waals surface area contributed by atoms with E-state index in [2.05, 4.69) is 110 Å². The molecule has 2 heteroatoms. The van der Waals surface area contributed by atoms with Crippen LogP contribution >= 0.6 is 22.6 Å². The zero-order chi connectivity index (χ0) is 15.5. The first-order valence-corrected chi connectivity index (χ1v) is 8.52. The zero-order valence-corrected chi connectivity index (χ0v) is 15.4. The van der Waals surface area contributed by atoms with E-state index in [1.54, 1.807) is 0 Å². The van der Waals surface area contributed by atoms with Gasteiger partial charge in [0.2, 0.25) is 0 Å². The average molecular weight is 393 g/mol. The maximum atomic E-state index is 3.81. The molecule has 1 nitrogen and oxygen atoms in total. The number of hydrogen-bond donors (Lipinski definition) is 1. The van der Waals surface area contributed by atoms with Crippen LogP contribution in [0.25, 0.3) is 0 Å². The summed E-state index contributed by atoms with van der Waals surface area (Å²) >= 11 is 2.35. The third kappa shape index (κ3) is 4.55. The Labute approximate surface area is 142 Å². The van der Waals surface area contributed by atoms with E-state index in [0.717, 1.165) is 0 Å². The summed E-state index contributed by atoms with van der Waals surface area (Å²) in [6, 6.07) is 20.1. The fourth-order valence-corrected chi connectivity index (χ4v) is 2.95. The predicted octanol–water partition coefficient (Wildman–Crippen LogP) is 5.73. The van der Waals surface area contributed by atoms with Gasteiger partial charge >= 0.3 is 0 Å². The minimum Gasteiger partial charge on any atom is -0.303 e. The minimum absolute atomic E-state index is 0.165. The monoisotopic (exact) mass is 393 g/mol. The molecule has 0 amide bonds. The van der Waals surface area contributed by atoms with Gasteiger partial charge in [0.25, 0.3) is 0 Å². The number of halogens is 1. The van der Waals surface area contributed by atoms with E-state index in [9.17, 15) is 0 Å². The lowest BCUT2D eigenvalue weighted by atomic mass is 9.81. The molecule has 0 saturated carbocycles. The minimum atomic E-state index is 0.165. The molecule has 21 heavy (non-hydrogen) atoms. The largest absolute Gasteiger partial charge is 0.303 e. The van der Waals surface area contributed by atoms with Crippen molar-refractivity contribution in [3.63, 3.8) is 0 Å². The molecule has 2 atom stereocenters. The van der Waals surface area contributed by atoms with E-state index in [0.29, 0.717) is 12.1 Å². The average Bonchev–Trinajstić information content (AvgIpc) is 2.45. The van der Waals surface area contributed by atoms with Crippen molar-refractivity contribution in [3.8, 4) is 0 Å². The van der Waals surface area contributed by atoms with Crippen molar-refractivity contribution < 1.29 is 0 Å². The highest BCUT2D eigenvalue weighted by molar-refractivity contribution is 14.1. The van der Waals surface area contributed by atoms with Gasteiger partial charge in [0.15, 0.2) is 0 Å². The fourth-order valence-electron chi connectivity index (χ4n) is 2.59. The lowest BCUT2D eigenvalue weighted by Gasteiger charge is -2.34. The van der Waals surface area contributed by atoms with Crippen LogP contribution in [0.3, 0.4) is 0 Å². The van der Waals surface area contributed by atoms with Crippen molar-refractivity contribution in [2.45, 2.75) is 39.8 Å². The van der Waals surface area contributed by atoms with E-state index in [-0.39, 0.29) is 5.41 Å². The molecule has 0 heterocycles. The van der Waals surface area contributed by atoms with E-state index in [1.807, 2.05) is 0 Å². The molecule has 2 aromatic rings. The van der Waals surface area contributed by atoms with Gasteiger partial charge in [-0.25, -0.2) is 0 Å². The number of rotatable bonds is 4. The molecular formula is C19H24IN. The quantitative estimate of drug-likeness (QED) is 0.655. The van der Waals surface area contributed by atoms with Crippen LogP contribution in [0.1, 0.15) is 50.9 Å². The Morgan fingerprint density at radius 1 is 0.857 bits per heavy atom. The van der Waals surface area contributed by atoms with Crippen LogP contribution < -0.4 is 5.32 Å². The Balaban J connectivity index is 2.21. The van der Waals surface area contributed by atoms with Crippen molar-refractivity contribution in [2.75, 3.05) is 0 Å². The van der Waals surface area contributed by atoms with Gasteiger partial charge in [-0.2, -0.15) is 0 Å². The summed E-state index contributed by atoms with van der Waals surface area (Å²) < 4.78 is 1.28. The Bertz CT molecular complexity index is 554. The molecule has 0 spiro atoms. The van der Waals surface area contributed by atoms with Crippen molar-refractivity contribution >= 4 is 22.6 Å². The van der Waals surface area contributed by atoms with Crippen molar-refractivity contribution in [3.05, 3.63) is 69.3 Å². The Hall–Kier alpha value is -0.870. The Morgan fingerprint density at radius 3 is 1.95 bits per heavy atom. The highest BCUT2D eigenvalue weighted by atomic mass is 127. The van der Waals surface area contributed by atoms with Crippen LogP contribution in [0.5, 0.6) is 0 Å². The van der Waals surface area contributed by atoms with Gasteiger partial charge in [0.05, 0.1) is 0 Å². The van der Waals surface area contributed by atoms with E-state index in [1.165, 1.54) is 14.7 Å². The van der Waals surface area contributed by atoms with Gasteiger partial charge in [-0.3, -0.25) is 0 Å². The van der Waals surface area contributed by atoms with Gasteiger partial charge in [-0.15, -0.1) is 0 Å². The second-order valence-corrected chi connectivity index (χ2v) is 7.90. The number of benzene rings is 2. The van der Waals surface area contributed by atoms with Gasteiger partial charge in [0, 0.05) is 15.7 Å². The molecule has 0 fully saturated rings. The molecule has 2 unspecified atom stereocenters. The highest BCUT2D eigenvalue weighted by Gasteiger charge is 2.27. The van der Waals surface area contributed by atoms with Crippen LogP contribution in [0.15, 0.2) is 54.6 Å². The first-order chi connectivity index (χ1) is 9.88. The fraction of sp³-hybridized carbons (Fsp3) is 0.368. The van der Waals surface area contributed by atoms with E-state index in [4.69, 9.17) is 0 Å². The SMILES string of the molecule is CC(NC(c1ccccc1)C(C)(C)C)c1ccc(I)cc1. The summed E-state index contributed by atoms with van der Waals surface area (Å²) in [5, 5.41) is 3.81. The third-order valence-corrected chi connectivity index (χ3v) is 4.50. The maximum absolute atomic E-state index is 3.81. The molecule has 1 N–H and O–H groups in total. The molecule has 0 aliphatic rings. The standard InChI is InChI=1S/C19H24IN/c1-14(15-10-12-17(20)13-11-15)21-18(19(2,3)4)16-8-6-5-7-9-16/h5-14,18,21H,1-4H3. The Kier molecular flexibility index (Phi) is 5.44. The van der Waals surface area contributed by atoms with E-state index < -0.39 is 0 Å². The van der Waals surface area contributed by atoms with E-state index >= 15 is 0 Å². The van der Waals surface area contributed by atoms with Crippen molar-refractivity contribution in [2.24, 2.45) is 5.41 Å². The van der Waals surface area contributed by atoms with Crippen LogP contribution in [0.2, 0.25) is 0 Å². The molecule has 0 aliphatic heterocycles. The zero-order valence-electron chi connectivity index (χ0n) is 13.2. The lowest BCUT2D eigenvalue weighted by Crippen LogP contribution is -2.34. The van der Waals surface area contributed by atoms with Gasteiger partial charge in [-0.05, 0) is 58.2 Å². The molecular weight excluding hydrogens is 369 g/mol. The molecule has 2 rings (SSSR count). The molecule has 112 valence electrons. The first-order valence-electron chi connectivity index (χ1n) is 7.44. The predicted molar refractivity (Wildman–Crippen MR) is 99.3 cm³/mol. The van der Waals surface area contributed by atoms with Crippen LogP contribution in [-0.2, 0) is 0 Å². The molecule has 0 bridgehead atoms. The number of hydrogen-bond acceptors (Lipinski definition) is 1. The summed E-state index contributed by atoms with van der Waals surface area (Å²) in [5.41, 5.74) is 2.85. The highest BCUT2D eigenvalue weighted by Crippen LogP contribution is 2.34. The van der Waals surface area contributed by atoms with Gasteiger partial charge in [-0.1, -0.05) is 63.2 Å². The second-order valence-electron chi connectivity index (χ2n) is 6.65. The lowest BCUT2D eigenvalue weighted by molar-refractivity contribution is 0.254. The summed E-state index contributed by atoms with van der Waals surface area (Å²) in [6.45, 7) is 9.11. The molecule has 2 aromatic carbocycles. The molecule has 0 aliphatic carbocycles. The summed E-state index contributed by atoms with van der Waals surface area (Å²) in [6.07, 6.45) is 0. The van der Waals surface area contributed by atoms with Crippen molar-refractivity contribution in [1.29, 1.82) is 0 Å². The van der Waals surface area contributed by atoms with Gasteiger partial charge in [0.1, 0.15) is 0 Å². The van der Waals surface area contributed by atoms with Crippen LogP contribution in [0.4, 0.5) is 0 Å². The van der Waals surface area contributed by atoms with Crippen molar-refractivity contribution in [1.82, 2.24) is 5.32 Å². The summed E-state index contributed by atoms with van der Waals surface area (Å²) in [4.78, 5) is 0. The molecule has 0 aromatic heterocycles. The second kappa shape index (κ2) is 6.93. The van der Waals surface area contributed by atoms with Crippen LogP contribution in [-0.4, -0.2) is 0 Å². The van der Waals surface area contributed by atoms with Gasteiger partial charge < -0.3 is 5.32 Å². The topological polar surface area (TPSA) is 12.0 Å². The first kappa shape index (κ1) is 16.5. The normalized spacial score (nSPS) is 14.7. The smallest absolute Gasteiger partial charge is 0.0374 e. The summed E-state index contributed by atoms with van der Waals surface area (Å²) in [5.74, 6) is 0. The van der Waals surface area contributed by atoms with Crippen LogP contribution in [0, 0.1) is 8.99 Å². The third-order valence-electron chi connectivity index (χ3n) is 3.79. The summed E-state index contributed by atoms with van der Waals surface area (Å²) in [7, 11) is 0.